The van der Waals surface area contributed by atoms with Gasteiger partial charge in [0.2, 0.25) is 0 Å². The fourth-order valence-corrected chi connectivity index (χ4v) is 2.45. The Morgan fingerprint density at radius 1 is 1.10 bits per heavy atom. The van der Waals surface area contributed by atoms with Gasteiger partial charge in [0.25, 0.3) is 0 Å². The zero-order valence-corrected chi connectivity index (χ0v) is 11.5. The minimum Gasteiger partial charge on any atom is -0.307 e. The van der Waals surface area contributed by atoms with E-state index < -0.39 is 0 Å². The highest BCUT2D eigenvalue weighted by molar-refractivity contribution is 6.31. The van der Waals surface area contributed by atoms with Gasteiger partial charge in [-0.2, -0.15) is 0 Å². The average Bonchev–Trinajstić information content (AvgIpc) is 2.45. The standard InChI is InChI=1S/C16H13ClN2O/c1-11-13-7-3-5-9-15(13)18-16(20)19(11)10-12-6-2-4-8-14(12)17/h2-9H,1,10H2,(H,18,20). The summed E-state index contributed by atoms with van der Waals surface area (Å²) in [5.74, 6) is 0. The van der Waals surface area contributed by atoms with Crippen molar-refractivity contribution in [2.45, 2.75) is 6.54 Å². The molecular formula is C16H13ClN2O. The highest BCUT2D eigenvalue weighted by atomic mass is 35.5. The van der Waals surface area contributed by atoms with Gasteiger partial charge in [-0.3, -0.25) is 4.90 Å². The zero-order valence-electron chi connectivity index (χ0n) is 10.8. The summed E-state index contributed by atoms with van der Waals surface area (Å²) in [5.41, 5.74) is 3.30. The van der Waals surface area contributed by atoms with Crippen LogP contribution in [-0.4, -0.2) is 10.9 Å². The van der Waals surface area contributed by atoms with Crippen LogP contribution < -0.4 is 5.32 Å². The highest BCUT2D eigenvalue weighted by Gasteiger charge is 2.26. The number of urea groups is 1. The van der Waals surface area contributed by atoms with Crippen LogP contribution in [0.1, 0.15) is 11.1 Å². The second-order valence-electron chi connectivity index (χ2n) is 4.60. The number of para-hydroxylation sites is 1. The van der Waals surface area contributed by atoms with Crippen LogP contribution >= 0.6 is 11.6 Å². The number of amides is 2. The topological polar surface area (TPSA) is 32.3 Å². The Bertz CT molecular complexity index is 696. The fourth-order valence-electron chi connectivity index (χ4n) is 2.26. The van der Waals surface area contributed by atoms with Gasteiger partial charge >= 0.3 is 6.03 Å². The summed E-state index contributed by atoms with van der Waals surface area (Å²) < 4.78 is 0. The van der Waals surface area contributed by atoms with Crippen LogP contribution in [0.2, 0.25) is 5.02 Å². The first-order chi connectivity index (χ1) is 9.66. The molecule has 0 aromatic heterocycles. The summed E-state index contributed by atoms with van der Waals surface area (Å²) in [4.78, 5) is 13.8. The Labute approximate surface area is 122 Å². The first-order valence-corrected chi connectivity index (χ1v) is 6.65. The van der Waals surface area contributed by atoms with E-state index in [1.54, 1.807) is 4.90 Å². The zero-order chi connectivity index (χ0) is 14.1. The monoisotopic (exact) mass is 284 g/mol. The molecule has 0 fully saturated rings. The molecule has 1 heterocycles. The summed E-state index contributed by atoms with van der Waals surface area (Å²) in [7, 11) is 0. The number of carbonyl (C=O) groups is 1. The van der Waals surface area contributed by atoms with Crippen LogP contribution in [-0.2, 0) is 6.54 Å². The number of rotatable bonds is 2. The molecule has 3 nitrogen and oxygen atoms in total. The number of anilines is 1. The van der Waals surface area contributed by atoms with Crippen LogP contribution in [0.25, 0.3) is 5.70 Å². The smallest absolute Gasteiger partial charge is 0.307 e. The lowest BCUT2D eigenvalue weighted by Gasteiger charge is -2.31. The van der Waals surface area contributed by atoms with Gasteiger partial charge in [0, 0.05) is 16.3 Å². The number of hydrogen-bond acceptors (Lipinski definition) is 1. The van der Waals surface area contributed by atoms with Crippen molar-refractivity contribution in [1.29, 1.82) is 0 Å². The molecule has 1 aliphatic rings. The van der Waals surface area contributed by atoms with Crippen LogP contribution in [0.3, 0.4) is 0 Å². The lowest BCUT2D eigenvalue weighted by Crippen LogP contribution is -2.36. The summed E-state index contributed by atoms with van der Waals surface area (Å²) in [6.45, 7) is 4.44. The molecule has 2 amide bonds. The van der Waals surface area contributed by atoms with Crippen LogP contribution in [0.5, 0.6) is 0 Å². The van der Waals surface area contributed by atoms with E-state index in [4.69, 9.17) is 11.6 Å². The molecule has 2 aromatic carbocycles. The van der Waals surface area contributed by atoms with Gasteiger partial charge in [0.15, 0.2) is 0 Å². The Morgan fingerprint density at radius 2 is 1.80 bits per heavy atom. The number of halogens is 1. The van der Waals surface area contributed by atoms with Crippen molar-refractivity contribution in [3.05, 3.63) is 71.3 Å². The van der Waals surface area contributed by atoms with Crippen LogP contribution in [0.4, 0.5) is 10.5 Å². The van der Waals surface area contributed by atoms with Crippen molar-refractivity contribution in [2.24, 2.45) is 0 Å². The van der Waals surface area contributed by atoms with Gasteiger partial charge in [0.1, 0.15) is 0 Å². The molecule has 0 radical (unpaired) electrons. The number of nitrogens with one attached hydrogen (secondary N) is 1. The third-order valence-electron chi connectivity index (χ3n) is 3.34. The molecule has 2 aromatic rings. The third kappa shape index (κ3) is 2.17. The van der Waals surface area contributed by atoms with Crippen molar-refractivity contribution >= 4 is 29.0 Å². The number of fused-ring (bicyclic) bond motifs is 1. The minimum absolute atomic E-state index is 0.186. The number of benzene rings is 2. The van der Waals surface area contributed by atoms with Crippen molar-refractivity contribution in [3.63, 3.8) is 0 Å². The van der Waals surface area contributed by atoms with Crippen molar-refractivity contribution in [3.8, 4) is 0 Å². The van der Waals surface area contributed by atoms with Crippen LogP contribution in [0, 0.1) is 0 Å². The number of nitrogens with zero attached hydrogens (tertiary/aromatic N) is 1. The minimum atomic E-state index is -0.186. The highest BCUT2D eigenvalue weighted by Crippen LogP contribution is 2.32. The van der Waals surface area contributed by atoms with E-state index in [0.717, 1.165) is 16.8 Å². The van der Waals surface area contributed by atoms with Crippen molar-refractivity contribution in [2.75, 3.05) is 5.32 Å². The molecule has 1 aliphatic heterocycles. The maximum atomic E-state index is 12.2. The van der Waals surface area contributed by atoms with Crippen molar-refractivity contribution < 1.29 is 4.79 Å². The van der Waals surface area contributed by atoms with Crippen molar-refractivity contribution in [1.82, 2.24) is 4.90 Å². The lowest BCUT2D eigenvalue weighted by molar-refractivity contribution is 0.229. The van der Waals surface area contributed by atoms with Gasteiger partial charge in [-0.15, -0.1) is 0 Å². The Kier molecular flexibility index (Phi) is 3.20. The molecule has 0 spiro atoms. The Morgan fingerprint density at radius 3 is 2.60 bits per heavy atom. The molecular weight excluding hydrogens is 272 g/mol. The molecule has 1 N–H and O–H groups in total. The fraction of sp³-hybridized carbons (Fsp3) is 0.0625. The van der Waals surface area contributed by atoms with E-state index in [1.807, 2.05) is 48.5 Å². The van der Waals surface area contributed by atoms with E-state index in [-0.39, 0.29) is 6.03 Å². The summed E-state index contributed by atoms with van der Waals surface area (Å²) in [5, 5.41) is 3.51. The van der Waals surface area contributed by atoms with E-state index >= 15 is 0 Å². The lowest BCUT2D eigenvalue weighted by atomic mass is 10.1. The predicted molar refractivity (Wildman–Crippen MR) is 81.5 cm³/mol. The van der Waals surface area contributed by atoms with E-state index in [0.29, 0.717) is 17.3 Å². The third-order valence-corrected chi connectivity index (χ3v) is 3.71. The molecule has 4 heteroatoms. The van der Waals surface area contributed by atoms with E-state index in [1.165, 1.54) is 0 Å². The quantitative estimate of drug-likeness (QED) is 0.873. The van der Waals surface area contributed by atoms with Gasteiger partial charge < -0.3 is 5.32 Å². The molecule has 100 valence electrons. The normalized spacial score (nSPS) is 13.9. The first-order valence-electron chi connectivity index (χ1n) is 6.27. The molecule has 0 bridgehead atoms. The molecule has 20 heavy (non-hydrogen) atoms. The second kappa shape index (κ2) is 5.02. The molecule has 0 saturated heterocycles. The number of carbonyl (C=O) groups excluding carboxylic acids is 1. The van der Waals surface area contributed by atoms with Gasteiger partial charge in [0.05, 0.1) is 12.2 Å². The van der Waals surface area contributed by atoms with Gasteiger partial charge in [-0.05, 0) is 17.7 Å². The van der Waals surface area contributed by atoms with Gasteiger partial charge in [-0.25, -0.2) is 4.79 Å². The molecule has 0 saturated carbocycles. The first kappa shape index (κ1) is 12.8. The summed E-state index contributed by atoms with van der Waals surface area (Å²) >= 11 is 6.15. The van der Waals surface area contributed by atoms with E-state index in [9.17, 15) is 4.79 Å². The Balaban J connectivity index is 1.94. The number of hydrogen-bond donors (Lipinski definition) is 1. The SMILES string of the molecule is C=C1c2ccccc2NC(=O)N1Cc1ccccc1Cl. The summed E-state index contributed by atoms with van der Waals surface area (Å²) in [6.07, 6.45) is 0. The second-order valence-corrected chi connectivity index (χ2v) is 5.01. The van der Waals surface area contributed by atoms with Crippen LogP contribution in [0.15, 0.2) is 55.1 Å². The molecule has 0 aliphatic carbocycles. The molecule has 0 atom stereocenters. The predicted octanol–water partition coefficient (Wildman–Crippen LogP) is 4.36. The maximum absolute atomic E-state index is 12.2. The largest absolute Gasteiger partial charge is 0.326 e. The average molecular weight is 285 g/mol. The summed E-state index contributed by atoms with van der Waals surface area (Å²) in [6, 6.07) is 14.9. The Hall–Kier alpha value is -2.26. The molecule has 3 rings (SSSR count). The van der Waals surface area contributed by atoms with E-state index in [2.05, 4.69) is 11.9 Å². The van der Waals surface area contributed by atoms with Gasteiger partial charge in [-0.1, -0.05) is 54.6 Å². The maximum Gasteiger partial charge on any atom is 0.326 e. The molecule has 0 unspecified atom stereocenters.